The van der Waals surface area contributed by atoms with E-state index in [0.717, 1.165) is 4.90 Å². The summed E-state index contributed by atoms with van der Waals surface area (Å²) in [5.74, 6) is 5.99. The summed E-state index contributed by atoms with van der Waals surface area (Å²) >= 11 is 0. The van der Waals surface area contributed by atoms with Crippen LogP contribution in [-0.4, -0.2) is 43.7 Å². The van der Waals surface area contributed by atoms with Crippen LogP contribution < -0.4 is 16.0 Å². The highest BCUT2D eigenvalue weighted by Gasteiger charge is 2.20. The van der Waals surface area contributed by atoms with E-state index in [1.807, 2.05) is 0 Å². The van der Waals surface area contributed by atoms with Crippen molar-refractivity contribution in [2.24, 2.45) is 7.05 Å². The minimum atomic E-state index is -1.18. The Kier molecular flexibility index (Phi) is 5.32. The van der Waals surface area contributed by atoms with Crippen LogP contribution >= 0.6 is 0 Å². The first-order chi connectivity index (χ1) is 13.8. The molecule has 0 aliphatic heterocycles. The molecule has 0 saturated carbocycles. The topological polar surface area (TPSA) is 139 Å². The number of nitrogens with zero attached hydrogens (tertiary/aromatic N) is 5. The molecule has 10 heteroatoms. The highest BCUT2D eigenvalue weighted by Crippen LogP contribution is 2.28. The Morgan fingerprint density at radius 3 is 2.76 bits per heavy atom. The fourth-order valence-electron chi connectivity index (χ4n) is 2.67. The maximum Gasteiger partial charge on any atom is 0.412 e. The number of aromatic nitrogens is 4. The van der Waals surface area contributed by atoms with Gasteiger partial charge in [-0.2, -0.15) is 0 Å². The normalized spacial score (nSPS) is 10.3. The molecule has 0 unspecified atom stereocenters. The predicted octanol–water partition coefficient (Wildman–Crippen LogP) is 1.10. The van der Waals surface area contributed by atoms with Gasteiger partial charge in [-0.1, -0.05) is 12.0 Å². The summed E-state index contributed by atoms with van der Waals surface area (Å²) in [6, 6.07) is 5.31. The molecule has 2 amide bonds. The van der Waals surface area contributed by atoms with Gasteiger partial charge >= 0.3 is 6.09 Å². The lowest BCUT2D eigenvalue weighted by Crippen LogP contribution is -2.25. The molecule has 0 saturated heterocycles. The Bertz CT molecular complexity index is 1170. The van der Waals surface area contributed by atoms with E-state index in [-0.39, 0.29) is 17.5 Å². The smallest absolute Gasteiger partial charge is 0.412 e. The summed E-state index contributed by atoms with van der Waals surface area (Å²) in [5.41, 5.74) is 8.63. The molecule has 10 nitrogen and oxygen atoms in total. The van der Waals surface area contributed by atoms with Crippen molar-refractivity contribution in [2.75, 3.05) is 17.7 Å². The van der Waals surface area contributed by atoms with Crippen LogP contribution in [0.5, 0.6) is 0 Å². The SMILES string of the molecule is CC(=O)NCc1cccc(C#Cc2c(N)nc(N(C)C(=O)O)c3ncn(C)c23)n1. The molecule has 4 N–H and O–H groups in total. The van der Waals surface area contributed by atoms with E-state index in [0.29, 0.717) is 34.5 Å². The first-order valence-electron chi connectivity index (χ1n) is 8.57. The van der Waals surface area contributed by atoms with Crippen molar-refractivity contribution >= 4 is 34.7 Å². The monoisotopic (exact) mass is 393 g/mol. The van der Waals surface area contributed by atoms with E-state index in [2.05, 4.69) is 32.1 Å². The third kappa shape index (κ3) is 4.08. The Morgan fingerprint density at radius 1 is 1.31 bits per heavy atom. The Morgan fingerprint density at radius 2 is 2.07 bits per heavy atom. The number of carbonyl (C=O) groups excluding carboxylic acids is 1. The lowest BCUT2D eigenvalue weighted by Gasteiger charge is -2.14. The maximum atomic E-state index is 11.3. The van der Waals surface area contributed by atoms with E-state index in [9.17, 15) is 14.7 Å². The number of hydrogen-bond donors (Lipinski definition) is 3. The molecule has 3 rings (SSSR count). The van der Waals surface area contributed by atoms with Crippen molar-refractivity contribution in [2.45, 2.75) is 13.5 Å². The summed E-state index contributed by atoms with van der Waals surface area (Å²) in [6.07, 6.45) is 0.366. The van der Waals surface area contributed by atoms with Crippen LogP contribution in [0.1, 0.15) is 23.9 Å². The summed E-state index contributed by atoms with van der Waals surface area (Å²) in [7, 11) is 3.13. The molecular formula is C19H19N7O3. The van der Waals surface area contributed by atoms with E-state index in [4.69, 9.17) is 5.73 Å². The largest absolute Gasteiger partial charge is 0.465 e. The van der Waals surface area contributed by atoms with Crippen molar-refractivity contribution in [3.05, 3.63) is 41.5 Å². The number of pyridine rings is 2. The Labute approximate surface area is 166 Å². The number of carboxylic acid groups (broad SMARTS) is 1. The van der Waals surface area contributed by atoms with Crippen LogP contribution in [0.3, 0.4) is 0 Å². The fraction of sp³-hybridized carbons (Fsp3) is 0.211. The van der Waals surface area contributed by atoms with Gasteiger partial charge in [-0.05, 0) is 18.1 Å². The lowest BCUT2D eigenvalue weighted by atomic mass is 10.2. The molecule has 3 aromatic rings. The second kappa shape index (κ2) is 7.85. The minimum Gasteiger partial charge on any atom is -0.465 e. The van der Waals surface area contributed by atoms with Gasteiger partial charge in [0.1, 0.15) is 17.0 Å². The molecule has 0 aliphatic carbocycles. The van der Waals surface area contributed by atoms with Crippen molar-refractivity contribution in [3.8, 4) is 11.8 Å². The number of aryl methyl sites for hydroxylation is 1. The zero-order valence-electron chi connectivity index (χ0n) is 16.1. The molecule has 3 aromatic heterocycles. The number of carbonyl (C=O) groups is 2. The zero-order chi connectivity index (χ0) is 21.1. The molecule has 0 aromatic carbocycles. The minimum absolute atomic E-state index is 0.0890. The van der Waals surface area contributed by atoms with E-state index < -0.39 is 6.09 Å². The van der Waals surface area contributed by atoms with E-state index >= 15 is 0 Å². The van der Waals surface area contributed by atoms with Gasteiger partial charge in [0.25, 0.3) is 0 Å². The average molecular weight is 393 g/mol. The molecule has 148 valence electrons. The number of anilines is 2. The summed E-state index contributed by atoms with van der Waals surface area (Å²) in [5, 5.41) is 11.9. The number of fused-ring (bicyclic) bond motifs is 1. The number of nitrogen functional groups attached to an aromatic ring is 1. The molecule has 0 fully saturated rings. The highest BCUT2D eigenvalue weighted by molar-refractivity contribution is 5.99. The maximum absolute atomic E-state index is 11.3. The molecule has 29 heavy (non-hydrogen) atoms. The Balaban J connectivity index is 2.05. The van der Waals surface area contributed by atoms with Gasteiger partial charge in [0.2, 0.25) is 5.91 Å². The fourth-order valence-corrected chi connectivity index (χ4v) is 2.67. The molecule has 0 atom stereocenters. The second-order valence-corrected chi connectivity index (χ2v) is 6.26. The lowest BCUT2D eigenvalue weighted by molar-refractivity contribution is -0.119. The van der Waals surface area contributed by atoms with Crippen LogP contribution in [0.25, 0.3) is 11.0 Å². The summed E-state index contributed by atoms with van der Waals surface area (Å²) < 4.78 is 1.71. The van der Waals surface area contributed by atoms with Crippen LogP contribution in [0, 0.1) is 11.8 Å². The first kappa shape index (κ1) is 19.6. The molecular weight excluding hydrogens is 374 g/mol. The quantitative estimate of drug-likeness (QED) is 0.566. The molecule has 0 aliphatic rings. The molecule has 0 spiro atoms. The highest BCUT2D eigenvalue weighted by atomic mass is 16.4. The van der Waals surface area contributed by atoms with E-state index in [1.165, 1.54) is 14.0 Å². The number of nitrogens with one attached hydrogen (secondary N) is 1. The van der Waals surface area contributed by atoms with E-state index in [1.54, 1.807) is 36.1 Å². The van der Waals surface area contributed by atoms with Crippen LogP contribution in [0.15, 0.2) is 24.5 Å². The van der Waals surface area contributed by atoms with Crippen molar-refractivity contribution in [1.29, 1.82) is 0 Å². The van der Waals surface area contributed by atoms with Gasteiger partial charge in [0.05, 0.1) is 29.6 Å². The summed E-state index contributed by atoms with van der Waals surface area (Å²) in [4.78, 5) is 36.2. The van der Waals surface area contributed by atoms with Gasteiger partial charge in [-0.15, -0.1) is 0 Å². The van der Waals surface area contributed by atoms with Crippen LogP contribution in [0.4, 0.5) is 16.4 Å². The van der Waals surface area contributed by atoms with Crippen LogP contribution in [0.2, 0.25) is 0 Å². The molecule has 3 heterocycles. The van der Waals surface area contributed by atoms with Gasteiger partial charge in [-0.25, -0.2) is 19.7 Å². The first-order valence-corrected chi connectivity index (χ1v) is 8.57. The van der Waals surface area contributed by atoms with Gasteiger partial charge < -0.3 is 20.7 Å². The van der Waals surface area contributed by atoms with Gasteiger partial charge in [-0.3, -0.25) is 9.69 Å². The number of imidazole rings is 1. The molecule has 0 radical (unpaired) electrons. The standard InChI is InChI=1S/C19H19N7O3/c1-11(27)21-9-13-6-4-5-12(23-13)7-8-14-16-15(22-10-25(16)2)18(24-17(14)20)26(3)19(28)29/h4-6,10H,9H2,1-3H3,(H2,20,24)(H,21,27)(H,28,29). The second-order valence-electron chi connectivity index (χ2n) is 6.26. The average Bonchev–Trinajstić information content (AvgIpc) is 3.06. The van der Waals surface area contributed by atoms with Gasteiger partial charge in [0, 0.05) is 21.0 Å². The predicted molar refractivity (Wildman–Crippen MR) is 107 cm³/mol. The number of amides is 2. The zero-order valence-corrected chi connectivity index (χ0v) is 16.1. The third-order valence-corrected chi connectivity index (χ3v) is 4.11. The summed E-state index contributed by atoms with van der Waals surface area (Å²) in [6.45, 7) is 1.74. The van der Waals surface area contributed by atoms with Crippen LogP contribution in [-0.2, 0) is 18.4 Å². The van der Waals surface area contributed by atoms with Crippen molar-refractivity contribution in [1.82, 2.24) is 24.8 Å². The number of hydrogen-bond acceptors (Lipinski definition) is 6. The number of rotatable bonds is 3. The third-order valence-electron chi connectivity index (χ3n) is 4.11. The van der Waals surface area contributed by atoms with Crippen molar-refractivity contribution < 1.29 is 14.7 Å². The number of nitrogens with two attached hydrogens (primary N) is 1. The van der Waals surface area contributed by atoms with Crippen molar-refractivity contribution in [3.63, 3.8) is 0 Å². The molecule has 0 bridgehead atoms. The Hall–Kier alpha value is -4.13. The van der Waals surface area contributed by atoms with Gasteiger partial charge in [0.15, 0.2) is 5.82 Å².